The van der Waals surface area contributed by atoms with Gasteiger partial charge in [-0.25, -0.2) is 0 Å². The van der Waals surface area contributed by atoms with Crippen molar-refractivity contribution in [2.24, 2.45) is 0 Å². The molecule has 0 aromatic carbocycles. The lowest BCUT2D eigenvalue weighted by Gasteiger charge is -2.21. The van der Waals surface area contributed by atoms with Gasteiger partial charge in [-0.2, -0.15) is 0 Å². The van der Waals surface area contributed by atoms with E-state index in [1.54, 1.807) is 0 Å². The molecule has 0 unspecified atom stereocenters. The van der Waals surface area contributed by atoms with E-state index in [2.05, 4.69) is 24.0 Å². The highest BCUT2D eigenvalue weighted by Gasteiger charge is 2.20. The first-order valence-corrected chi connectivity index (χ1v) is 9.36. The summed E-state index contributed by atoms with van der Waals surface area (Å²) < 4.78 is 0. The zero-order chi connectivity index (χ0) is 16.0. The van der Waals surface area contributed by atoms with Crippen molar-refractivity contribution in [1.82, 2.24) is 4.90 Å². The van der Waals surface area contributed by atoms with Gasteiger partial charge in [0, 0.05) is 12.5 Å². The molecular weight excluding hydrogens is 274 g/mol. The van der Waals surface area contributed by atoms with Gasteiger partial charge in [-0.3, -0.25) is 9.69 Å². The smallest absolute Gasteiger partial charge is 0.303 e. The zero-order valence-electron chi connectivity index (χ0n) is 14.4. The van der Waals surface area contributed by atoms with Crippen molar-refractivity contribution >= 4 is 5.97 Å². The van der Waals surface area contributed by atoms with E-state index >= 15 is 0 Å². The molecule has 22 heavy (non-hydrogen) atoms. The molecule has 1 rings (SSSR count). The van der Waals surface area contributed by atoms with Crippen molar-refractivity contribution < 1.29 is 9.90 Å². The number of unbranched alkanes of at least 4 members (excludes halogenated alkanes) is 7. The summed E-state index contributed by atoms with van der Waals surface area (Å²) in [6.07, 6.45) is 18.7. The first-order chi connectivity index (χ1) is 10.7. The third-order valence-corrected chi connectivity index (χ3v) is 4.58. The predicted molar refractivity (Wildman–Crippen MR) is 93.2 cm³/mol. The van der Waals surface area contributed by atoms with Gasteiger partial charge in [-0.15, -0.1) is 0 Å². The minimum absolute atomic E-state index is 0.326. The average Bonchev–Trinajstić information content (AvgIpc) is 2.93. The summed E-state index contributed by atoms with van der Waals surface area (Å²) in [5.41, 5.74) is 0. The number of rotatable bonds is 13. The summed E-state index contributed by atoms with van der Waals surface area (Å²) >= 11 is 0. The summed E-state index contributed by atoms with van der Waals surface area (Å²) in [6, 6.07) is 0.658. The van der Waals surface area contributed by atoms with Crippen LogP contribution < -0.4 is 0 Å². The number of allylic oxidation sites excluding steroid dienone is 1. The lowest BCUT2D eigenvalue weighted by atomic mass is 10.1. The Kier molecular flexibility index (Phi) is 11.1. The Labute approximate surface area is 136 Å². The molecule has 1 atom stereocenters. The first kappa shape index (κ1) is 19.2. The number of carboxylic acids is 1. The number of likely N-dealkylation sites (tertiary alicyclic amines) is 1. The Bertz CT molecular complexity index is 315. The number of aliphatic carboxylic acids is 1. The predicted octanol–water partition coefficient (Wildman–Crippen LogP) is 5.01. The van der Waals surface area contributed by atoms with Gasteiger partial charge in [0.15, 0.2) is 0 Å². The fourth-order valence-electron chi connectivity index (χ4n) is 3.23. The van der Waals surface area contributed by atoms with Crippen LogP contribution in [0.5, 0.6) is 0 Å². The lowest BCUT2D eigenvalue weighted by molar-refractivity contribution is -0.137. The SMILES string of the molecule is CCCCCCC=C[C@H]1CCCN1CCCCCCC(=O)O. The van der Waals surface area contributed by atoms with Crippen molar-refractivity contribution in [2.45, 2.75) is 90.0 Å². The summed E-state index contributed by atoms with van der Waals surface area (Å²) in [6.45, 7) is 4.67. The number of carboxylic acid groups (broad SMARTS) is 1. The van der Waals surface area contributed by atoms with Crippen LogP contribution in [-0.4, -0.2) is 35.1 Å². The molecule has 1 aliphatic heterocycles. The van der Waals surface area contributed by atoms with Crippen LogP contribution in [0.3, 0.4) is 0 Å². The zero-order valence-corrected chi connectivity index (χ0v) is 14.4. The van der Waals surface area contributed by atoms with Crippen molar-refractivity contribution in [1.29, 1.82) is 0 Å². The second-order valence-corrected chi connectivity index (χ2v) is 6.58. The largest absolute Gasteiger partial charge is 0.481 e. The normalized spacial score (nSPS) is 19.2. The van der Waals surface area contributed by atoms with E-state index in [-0.39, 0.29) is 0 Å². The highest BCUT2D eigenvalue weighted by molar-refractivity contribution is 5.66. The van der Waals surface area contributed by atoms with E-state index in [0.717, 1.165) is 19.3 Å². The molecule has 1 N–H and O–H groups in total. The van der Waals surface area contributed by atoms with E-state index < -0.39 is 5.97 Å². The van der Waals surface area contributed by atoms with Gasteiger partial charge in [-0.05, 0) is 51.6 Å². The number of carbonyl (C=O) groups is 1. The molecule has 1 fully saturated rings. The van der Waals surface area contributed by atoms with E-state index in [1.165, 1.54) is 64.5 Å². The minimum atomic E-state index is -0.663. The number of nitrogens with zero attached hydrogens (tertiary/aromatic N) is 1. The molecule has 3 nitrogen and oxygen atoms in total. The maximum atomic E-state index is 10.5. The van der Waals surface area contributed by atoms with E-state index in [1.807, 2.05) is 0 Å². The second-order valence-electron chi connectivity index (χ2n) is 6.58. The molecule has 3 heteroatoms. The molecule has 0 saturated carbocycles. The molecule has 0 amide bonds. The Morgan fingerprint density at radius 3 is 2.68 bits per heavy atom. The van der Waals surface area contributed by atoms with E-state index in [4.69, 9.17) is 5.11 Å². The van der Waals surface area contributed by atoms with Gasteiger partial charge < -0.3 is 5.11 Å². The Balaban J connectivity index is 2.07. The van der Waals surface area contributed by atoms with Gasteiger partial charge in [0.05, 0.1) is 0 Å². The average molecular weight is 309 g/mol. The molecular formula is C19H35NO2. The van der Waals surface area contributed by atoms with E-state index in [9.17, 15) is 4.79 Å². The lowest BCUT2D eigenvalue weighted by Crippen LogP contribution is -2.28. The van der Waals surface area contributed by atoms with Crippen LogP contribution in [0.25, 0.3) is 0 Å². The molecule has 0 radical (unpaired) electrons. The highest BCUT2D eigenvalue weighted by atomic mass is 16.4. The van der Waals surface area contributed by atoms with Crippen LogP contribution in [0.2, 0.25) is 0 Å². The third kappa shape index (κ3) is 9.24. The maximum absolute atomic E-state index is 10.5. The van der Waals surface area contributed by atoms with Gasteiger partial charge in [0.25, 0.3) is 0 Å². The molecule has 1 aliphatic rings. The van der Waals surface area contributed by atoms with Crippen LogP contribution in [0.15, 0.2) is 12.2 Å². The number of hydrogen-bond donors (Lipinski definition) is 1. The minimum Gasteiger partial charge on any atom is -0.481 e. The monoisotopic (exact) mass is 309 g/mol. The van der Waals surface area contributed by atoms with Gasteiger partial charge >= 0.3 is 5.97 Å². The Morgan fingerprint density at radius 2 is 1.91 bits per heavy atom. The van der Waals surface area contributed by atoms with E-state index in [0.29, 0.717) is 12.5 Å². The molecule has 0 spiro atoms. The summed E-state index contributed by atoms with van der Waals surface area (Å²) in [4.78, 5) is 13.1. The van der Waals surface area contributed by atoms with Crippen LogP contribution in [-0.2, 0) is 4.79 Å². The standard InChI is InChI=1S/C19H35NO2/c1-2-3-4-5-6-9-13-18-14-12-17-20(18)16-11-8-7-10-15-19(21)22/h9,13,18H,2-8,10-12,14-17H2,1H3,(H,21,22)/t18-/m0/s1. The quantitative estimate of drug-likeness (QED) is 0.384. The molecule has 0 bridgehead atoms. The van der Waals surface area contributed by atoms with Crippen LogP contribution in [0.1, 0.15) is 84.0 Å². The van der Waals surface area contributed by atoms with Gasteiger partial charge in [-0.1, -0.05) is 51.2 Å². The van der Waals surface area contributed by atoms with Gasteiger partial charge in [0.1, 0.15) is 0 Å². The molecule has 0 aromatic rings. The van der Waals surface area contributed by atoms with Crippen LogP contribution in [0, 0.1) is 0 Å². The molecule has 1 saturated heterocycles. The Hall–Kier alpha value is -0.830. The topological polar surface area (TPSA) is 40.5 Å². The highest BCUT2D eigenvalue weighted by Crippen LogP contribution is 2.19. The number of hydrogen-bond acceptors (Lipinski definition) is 2. The van der Waals surface area contributed by atoms with Gasteiger partial charge in [0.2, 0.25) is 0 Å². The van der Waals surface area contributed by atoms with Crippen molar-refractivity contribution in [2.75, 3.05) is 13.1 Å². The Morgan fingerprint density at radius 1 is 1.14 bits per heavy atom. The molecule has 1 heterocycles. The van der Waals surface area contributed by atoms with Crippen LogP contribution >= 0.6 is 0 Å². The molecule has 0 aliphatic carbocycles. The first-order valence-electron chi connectivity index (χ1n) is 9.36. The molecule has 0 aromatic heterocycles. The summed E-state index contributed by atoms with van der Waals surface area (Å²) in [7, 11) is 0. The molecule has 128 valence electrons. The third-order valence-electron chi connectivity index (χ3n) is 4.58. The van der Waals surface area contributed by atoms with Crippen molar-refractivity contribution in [3.05, 3.63) is 12.2 Å². The fraction of sp³-hybridized carbons (Fsp3) is 0.842. The summed E-state index contributed by atoms with van der Waals surface area (Å²) in [5, 5.41) is 8.61. The maximum Gasteiger partial charge on any atom is 0.303 e. The summed E-state index contributed by atoms with van der Waals surface area (Å²) in [5.74, 6) is -0.663. The van der Waals surface area contributed by atoms with Crippen molar-refractivity contribution in [3.63, 3.8) is 0 Å². The second kappa shape index (κ2) is 12.7. The fourth-order valence-corrected chi connectivity index (χ4v) is 3.23. The van der Waals surface area contributed by atoms with Crippen LogP contribution in [0.4, 0.5) is 0 Å². The van der Waals surface area contributed by atoms with Crippen molar-refractivity contribution in [3.8, 4) is 0 Å².